The fraction of sp³-hybridized carbons (Fsp3) is 0.138. The molecule has 0 bridgehead atoms. The number of benzene rings is 2. The Labute approximate surface area is 211 Å². The molecule has 37 heavy (non-hydrogen) atoms. The van der Waals surface area contributed by atoms with E-state index in [0.717, 1.165) is 10.5 Å². The van der Waals surface area contributed by atoms with Gasteiger partial charge in [0.15, 0.2) is 0 Å². The van der Waals surface area contributed by atoms with Gasteiger partial charge in [-0.25, -0.2) is 4.90 Å². The molecule has 0 spiro atoms. The number of allylic oxidation sites excluding steroid dienone is 2. The van der Waals surface area contributed by atoms with E-state index in [1.165, 1.54) is 24.3 Å². The number of anilines is 1. The molecule has 4 aliphatic rings. The maximum absolute atomic E-state index is 14.6. The second kappa shape index (κ2) is 7.83. The zero-order valence-corrected chi connectivity index (χ0v) is 19.5. The Hall–Kier alpha value is -4.85. The molecule has 182 valence electrons. The number of nitrogens with zero attached hydrogens (tertiary/aromatic N) is 1. The highest BCUT2D eigenvalue weighted by molar-refractivity contribution is 6.29. The Bertz CT molecular complexity index is 1540. The number of carbonyl (C=O) groups excluding carboxylic acids is 5. The van der Waals surface area contributed by atoms with Crippen molar-refractivity contribution in [2.75, 3.05) is 4.90 Å². The number of para-hydroxylation sites is 1. The van der Waals surface area contributed by atoms with Crippen molar-refractivity contribution < 1.29 is 24.0 Å². The number of hydrogen-bond donors (Lipinski definition) is 2. The molecular formula is C29H21N3O5. The first kappa shape index (κ1) is 22.6. The molecule has 8 nitrogen and oxygen atoms in total. The molecule has 2 heterocycles. The summed E-state index contributed by atoms with van der Waals surface area (Å²) in [6, 6.07) is 16.3. The normalized spacial score (nSPS) is 29.7. The van der Waals surface area contributed by atoms with E-state index < -0.39 is 52.2 Å². The molecule has 6 rings (SSSR count). The van der Waals surface area contributed by atoms with Crippen LogP contribution in [0.1, 0.15) is 0 Å². The second-order valence-electron chi connectivity index (χ2n) is 9.44. The summed E-state index contributed by atoms with van der Waals surface area (Å²) < 4.78 is 0. The lowest BCUT2D eigenvalue weighted by Gasteiger charge is -2.45. The van der Waals surface area contributed by atoms with Gasteiger partial charge in [-0.05, 0) is 11.6 Å². The van der Waals surface area contributed by atoms with Gasteiger partial charge in [-0.3, -0.25) is 29.3 Å². The van der Waals surface area contributed by atoms with E-state index in [1.54, 1.807) is 42.5 Å². The van der Waals surface area contributed by atoms with Crippen molar-refractivity contribution in [3.05, 3.63) is 103 Å². The van der Waals surface area contributed by atoms with E-state index in [9.17, 15) is 24.0 Å². The van der Waals surface area contributed by atoms with Crippen molar-refractivity contribution >= 4 is 35.2 Å². The van der Waals surface area contributed by atoms with E-state index in [2.05, 4.69) is 5.32 Å². The summed E-state index contributed by atoms with van der Waals surface area (Å²) in [5, 5.41) is 2.36. The summed E-state index contributed by atoms with van der Waals surface area (Å²) in [5.41, 5.74) is 3.84. The zero-order chi connectivity index (χ0) is 25.9. The third-order valence-electron chi connectivity index (χ3n) is 7.76. The van der Waals surface area contributed by atoms with Crippen molar-refractivity contribution in [3.63, 3.8) is 0 Å². The van der Waals surface area contributed by atoms with E-state index in [-0.39, 0.29) is 5.57 Å². The summed E-state index contributed by atoms with van der Waals surface area (Å²) in [6.45, 7) is 0. The molecule has 8 heteroatoms. The molecule has 2 saturated heterocycles. The number of fused-ring (bicyclic) bond motifs is 3. The summed E-state index contributed by atoms with van der Waals surface area (Å²) in [5.74, 6) is -5.52. The number of nitrogens with two attached hydrogens (primary N) is 1. The van der Waals surface area contributed by atoms with Gasteiger partial charge in [-0.2, -0.15) is 0 Å². The first-order valence-corrected chi connectivity index (χ1v) is 11.8. The van der Waals surface area contributed by atoms with Gasteiger partial charge in [-0.1, -0.05) is 91.1 Å². The van der Waals surface area contributed by atoms with E-state index in [0.29, 0.717) is 11.3 Å². The molecule has 2 fully saturated rings. The van der Waals surface area contributed by atoms with Crippen LogP contribution < -0.4 is 16.0 Å². The predicted octanol–water partition coefficient (Wildman–Crippen LogP) is 2.20. The average Bonchev–Trinajstić information content (AvgIpc) is 3.32. The Morgan fingerprint density at radius 1 is 0.865 bits per heavy atom. The van der Waals surface area contributed by atoms with Gasteiger partial charge < -0.3 is 5.73 Å². The average molecular weight is 492 g/mol. The lowest BCUT2D eigenvalue weighted by atomic mass is 9.51. The molecule has 0 radical (unpaired) electrons. The maximum Gasteiger partial charge on any atom is 0.248 e. The zero-order valence-electron chi connectivity index (χ0n) is 19.5. The van der Waals surface area contributed by atoms with Gasteiger partial charge in [0.25, 0.3) is 0 Å². The Morgan fingerprint density at radius 3 is 2.35 bits per heavy atom. The van der Waals surface area contributed by atoms with Crippen LogP contribution in [0, 0.1) is 22.7 Å². The fourth-order valence-electron chi connectivity index (χ4n) is 6.11. The SMILES string of the molecule is NC(=O)C1=CC2C(=O)N(c3ccccc3-c3ccccc3)C(=O)C2(C23C=CC=CC2C(=O)NC3=O)C=C1. The van der Waals surface area contributed by atoms with Gasteiger partial charge in [0.05, 0.1) is 17.5 Å². The molecule has 2 aromatic carbocycles. The fourth-order valence-corrected chi connectivity index (χ4v) is 6.11. The van der Waals surface area contributed by atoms with Crippen LogP contribution in [0.25, 0.3) is 11.1 Å². The van der Waals surface area contributed by atoms with Gasteiger partial charge in [0.2, 0.25) is 29.5 Å². The van der Waals surface area contributed by atoms with Crippen LogP contribution in [-0.2, 0) is 24.0 Å². The third kappa shape index (κ3) is 2.80. The van der Waals surface area contributed by atoms with Crippen LogP contribution in [0.2, 0.25) is 0 Å². The van der Waals surface area contributed by atoms with E-state index in [1.807, 2.05) is 30.3 Å². The van der Waals surface area contributed by atoms with E-state index in [4.69, 9.17) is 5.73 Å². The molecular weight excluding hydrogens is 470 g/mol. The number of carbonyl (C=O) groups is 5. The van der Waals surface area contributed by atoms with Crippen molar-refractivity contribution in [2.45, 2.75) is 0 Å². The summed E-state index contributed by atoms with van der Waals surface area (Å²) >= 11 is 0. The first-order chi connectivity index (χ1) is 17.8. The largest absolute Gasteiger partial charge is 0.366 e. The van der Waals surface area contributed by atoms with Crippen LogP contribution in [0.15, 0.2) is 103 Å². The second-order valence-corrected chi connectivity index (χ2v) is 9.44. The van der Waals surface area contributed by atoms with Gasteiger partial charge in [0, 0.05) is 11.1 Å². The van der Waals surface area contributed by atoms with Gasteiger partial charge in [0.1, 0.15) is 10.8 Å². The van der Waals surface area contributed by atoms with Crippen LogP contribution in [0.3, 0.4) is 0 Å². The Morgan fingerprint density at radius 2 is 1.59 bits per heavy atom. The lowest BCUT2D eigenvalue weighted by Crippen LogP contribution is -2.56. The standard InChI is InChI=1S/C29H21N3O5/c30-23(33)18-13-15-29(28-14-7-6-11-20(28)24(34)31-26(28)36)21(16-18)25(35)32(27(29)37)22-12-5-4-10-19(22)17-8-2-1-3-9-17/h1-16,20-21H,(H2,30,33)(H,31,34,36). The van der Waals surface area contributed by atoms with E-state index >= 15 is 0 Å². The lowest BCUT2D eigenvalue weighted by molar-refractivity contribution is -0.142. The molecule has 4 unspecified atom stereocenters. The number of imide groups is 2. The summed E-state index contributed by atoms with van der Waals surface area (Å²) in [4.78, 5) is 68.3. The smallest absolute Gasteiger partial charge is 0.248 e. The highest BCUT2D eigenvalue weighted by Gasteiger charge is 2.75. The minimum atomic E-state index is -1.80. The quantitative estimate of drug-likeness (QED) is 0.634. The number of hydrogen-bond acceptors (Lipinski definition) is 5. The van der Waals surface area contributed by atoms with Crippen molar-refractivity contribution in [2.24, 2.45) is 28.4 Å². The summed E-state index contributed by atoms with van der Waals surface area (Å²) in [6.07, 6.45) is 10.4. The van der Waals surface area contributed by atoms with Gasteiger partial charge in [-0.15, -0.1) is 0 Å². The number of nitrogens with one attached hydrogen (secondary N) is 1. The van der Waals surface area contributed by atoms with Crippen molar-refractivity contribution in [1.82, 2.24) is 5.32 Å². The molecule has 0 saturated carbocycles. The maximum atomic E-state index is 14.6. The van der Waals surface area contributed by atoms with Crippen molar-refractivity contribution in [3.8, 4) is 11.1 Å². The molecule has 2 aromatic rings. The molecule has 5 amide bonds. The molecule has 2 aliphatic heterocycles. The highest BCUT2D eigenvalue weighted by atomic mass is 16.2. The van der Waals surface area contributed by atoms with Gasteiger partial charge >= 0.3 is 0 Å². The summed E-state index contributed by atoms with van der Waals surface area (Å²) in [7, 11) is 0. The number of amides is 5. The molecule has 3 N–H and O–H groups in total. The predicted molar refractivity (Wildman–Crippen MR) is 134 cm³/mol. The first-order valence-electron chi connectivity index (χ1n) is 11.8. The monoisotopic (exact) mass is 491 g/mol. The van der Waals surface area contributed by atoms with Crippen LogP contribution >= 0.6 is 0 Å². The molecule has 4 atom stereocenters. The minimum Gasteiger partial charge on any atom is -0.366 e. The van der Waals surface area contributed by atoms with Crippen LogP contribution in [-0.4, -0.2) is 29.5 Å². The Kier molecular flexibility index (Phi) is 4.78. The number of primary amides is 1. The number of rotatable bonds is 4. The van der Waals surface area contributed by atoms with Crippen LogP contribution in [0.4, 0.5) is 5.69 Å². The topological polar surface area (TPSA) is 127 Å². The van der Waals surface area contributed by atoms with Crippen LogP contribution in [0.5, 0.6) is 0 Å². The highest BCUT2D eigenvalue weighted by Crippen LogP contribution is 2.62. The van der Waals surface area contributed by atoms with Crippen molar-refractivity contribution in [1.29, 1.82) is 0 Å². The third-order valence-corrected chi connectivity index (χ3v) is 7.76. The molecule has 0 aromatic heterocycles. The molecule has 2 aliphatic carbocycles. The Balaban J connectivity index is 1.61. The minimum absolute atomic E-state index is 0.0491.